The van der Waals surface area contributed by atoms with Gasteiger partial charge in [0.05, 0.1) is 11.1 Å². The fourth-order valence-corrected chi connectivity index (χ4v) is 6.77. The molecule has 260 valence electrons. The van der Waals surface area contributed by atoms with Crippen LogP contribution in [0.2, 0.25) is 0 Å². The lowest BCUT2D eigenvalue weighted by molar-refractivity contribution is 0.0429. The summed E-state index contributed by atoms with van der Waals surface area (Å²) in [5.41, 5.74) is 3.72. The molecule has 0 bridgehead atoms. The summed E-state index contributed by atoms with van der Waals surface area (Å²) in [6.07, 6.45) is 19.0. The largest absolute Gasteiger partial charge is 0.487 e. The maximum Gasteiger partial charge on any atom is 0.345 e. The number of carbonyl (C=O) groups is 2. The van der Waals surface area contributed by atoms with E-state index in [1.807, 2.05) is 13.8 Å². The summed E-state index contributed by atoms with van der Waals surface area (Å²) < 4.78 is 18.7. The van der Waals surface area contributed by atoms with Crippen molar-refractivity contribution in [3.63, 3.8) is 0 Å². The number of nitrogens with zero attached hydrogens (tertiary/aromatic N) is 2. The number of rotatable bonds is 17. The van der Waals surface area contributed by atoms with Crippen molar-refractivity contribution in [3.05, 3.63) is 82.4 Å². The van der Waals surface area contributed by atoms with Crippen molar-refractivity contribution in [2.24, 2.45) is 17.8 Å². The predicted molar refractivity (Wildman–Crippen MR) is 191 cm³/mol. The maximum atomic E-state index is 13.2. The molecule has 0 spiro atoms. The molecular weight excluding hydrogens is 600 g/mol. The highest BCUT2D eigenvalue weighted by Crippen LogP contribution is 2.46. The normalized spacial score (nSPS) is 16.9. The van der Waals surface area contributed by atoms with E-state index in [0.29, 0.717) is 28.4 Å². The second-order valence-electron chi connectivity index (χ2n) is 14.7. The van der Waals surface area contributed by atoms with Crippen molar-refractivity contribution >= 4 is 11.9 Å². The number of aromatic nitrogens is 2. The molecule has 0 radical (unpaired) electrons. The van der Waals surface area contributed by atoms with Gasteiger partial charge in [-0.25, -0.2) is 9.59 Å². The first kappa shape index (κ1) is 37.1. The van der Waals surface area contributed by atoms with Crippen LogP contribution < -0.4 is 9.47 Å². The van der Waals surface area contributed by atoms with E-state index >= 15 is 0 Å². The number of pyridine rings is 2. The molecule has 4 rings (SSSR count). The zero-order chi connectivity index (χ0) is 34.7. The molecule has 1 aromatic carbocycles. The van der Waals surface area contributed by atoms with Crippen LogP contribution in [0.25, 0.3) is 0 Å². The number of ether oxygens (including phenoxy) is 3. The van der Waals surface area contributed by atoms with Gasteiger partial charge in [0.15, 0.2) is 0 Å². The van der Waals surface area contributed by atoms with Crippen molar-refractivity contribution in [1.82, 2.24) is 9.97 Å². The predicted octanol–water partition coefficient (Wildman–Crippen LogP) is 10.2. The van der Waals surface area contributed by atoms with Crippen LogP contribution in [-0.2, 0) is 17.8 Å². The monoisotopic (exact) mass is 656 g/mol. The van der Waals surface area contributed by atoms with E-state index in [1.54, 1.807) is 36.7 Å². The molecule has 7 heteroatoms. The number of hydrogen-bond donors (Lipinski definition) is 0. The minimum Gasteiger partial charge on any atom is -0.487 e. The van der Waals surface area contributed by atoms with Gasteiger partial charge < -0.3 is 14.2 Å². The van der Waals surface area contributed by atoms with Crippen molar-refractivity contribution in [2.45, 2.75) is 131 Å². The second-order valence-corrected chi connectivity index (χ2v) is 14.7. The molecule has 1 aliphatic rings. The summed E-state index contributed by atoms with van der Waals surface area (Å²) in [6.45, 7) is 15.5. The van der Waals surface area contributed by atoms with Crippen molar-refractivity contribution in [1.29, 1.82) is 0 Å². The van der Waals surface area contributed by atoms with Crippen LogP contribution in [0.3, 0.4) is 0 Å². The summed E-state index contributed by atoms with van der Waals surface area (Å²) in [6, 6.07) is 6.73. The molecule has 0 saturated carbocycles. The lowest BCUT2D eigenvalue weighted by Gasteiger charge is -2.38. The molecule has 3 unspecified atom stereocenters. The molecule has 0 N–H and O–H groups in total. The zero-order valence-electron chi connectivity index (χ0n) is 30.3. The quantitative estimate of drug-likeness (QED) is 0.106. The SMILES string of the molecule is Cc1c(C)c2c(c(COC(=O)c3cccnc3)c1OC(=O)c1cccnc1)CCC(C)(CCCC(C)CCCC(C)CCCC(C)C)O2. The number of fused-ring (bicyclic) bond motifs is 1. The molecule has 0 aliphatic carbocycles. The lowest BCUT2D eigenvalue weighted by Crippen LogP contribution is -2.37. The van der Waals surface area contributed by atoms with Crippen LogP contribution in [0.15, 0.2) is 49.1 Å². The molecule has 0 fully saturated rings. The van der Waals surface area contributed by atoms with Gasteiger partial charge in [-0.2, -0.15) is 0 Å². The van der Waals surface area contributed by atoms with E-state index < -0.39 is 11.9 Å². The third kappa shape index (κ3) is 10.4. The highest BCUT2D eigenvalue weighted by molar-refractivity contribution is 5.91. The maximum absolute atomic E-state index is 13.2. The molecule has 1 aliphatic heterocycles. The molecule has 0 saturated heterocycles. The fourth-order valence-electron chi connectivity index (χ4n) is 6.77. The average Bonchev–Trinajstić information content (AvgIpc) is 3.07. The molecule has 48 heavy (non-hydrogen) atoms. The van der Waals surface area contributed by atoms with Gasteiger partial charge in [0, 0.05) is 35.9 Å². The molecule has 2 aromatic heterocycles. The molecule has 0 amide bonds. The van der Waals surface area contributed by atoms with Crippen LogP contribution in [-0.4, -0.2) is 27.5 Å². The Bertz CT molecular complexity index is 1490. The summed E-state index contributed by atoms with van der Waals surface area (Å²) in [4.78, 5) is 34.2. The van der Waals surface area contributed by atoms with Crippen LogP contribution in [0, 0.1) is 31.6 Å². The number of benzene rings is 1. The smallest absolute Gasteiger partial charge is 0.345 e. The lowest BCUT2D eigenvalue weighted by atomic mass is 9.83. The van der Waals surface area contributed by atoms with E-state index in [9.17, 15) is 9.59 Å². The van der Waals surface area contributed by atoms with Gasteiger partial charge in [-0.3, -0.25) is 9.97 Å². The first-order chi connectivity index (χ1) is 23.0. The molecule has 3 heterocycles. The van der Waals surface area contributed by atoms with E-state index in [1.165, 1.54) is 57.3 Å². The first-order valence-electron chi connectivity index (χ1n) is 18.0. The van der Waals surface area contributed by atoms with E-state index in [4.69, 9.17) is 14.2 Å². The van der Waals surface area contributed by atoms with E-state index in [-0.39, 0.29) is 12.2 Å². The summed E-state index contributed by atoms with van der Waals surface area (Å²) in [5, 5.41) is 0. The van der Waals surface area contributed by atoms with Crippen LogP contribution >= 0.6 is 0 Å². The second kappa shape index (κ2) is 17.6. The van der Waals surface area contributed by atoms with Gasteiger partial charge in [-0.15, -0.1) is 0 Å². The van der Waals surface area contributed by atoms with E-state index in [2.05, 4.69) is 44.6 Å². The van der Waals surface area contributed by atoms with Gasteiger partial charge in [-0.1, -0.05) is 72.6 Å². The number of carbonyl (C=O) groups excluding carboxylic acids is 2. The summed E-state index contributed by atoms with van der Waals surface area (Å²) in [5.74, 6) is 2.55. The van der Waals surface area contributed by atoms with Gasteiger partial charge in [-0.05, 0) is 99.6 Å². The Labute approximate surface area is 288 Å². The third-order valence-electron chi connectivity index (χ3n) is 10.0. The van der Waals surface area contributed by atoms with Crippen LogP contribution in [0.1, 0.15) is 142 Å². The Morgan fingerprint density at radius 1 is 0.833 bits per heavy atom. The molecule has 3 aromatic rings. The number of esters is 2. The Morgan fingerprint density at radius 2 is 1.42 bits per heavy atom. The van der Waals surface area contributed by atoms with Gasteiger partial charge in [0.1, 0.15) is 23.7 Å². The van der Waals surface area contributed by atoms with Crippen molar-refractivity contribution in [3.8, 4) is 11.5 Å². The minimum absolute atomic E-state index is 0.0548. The van der Waals surface area contributed by atoms with Crippen molar-refractivity contribution < 1.29 is 23.8 Å². The average molecular weight is 657 g/mol. The zero-order valence-corrected chi connectivity index (χ0v) is 30.3. The Morgan fingerprint density at radius 3 is 2.00 bits per heavy atom. The third-order valence-corrected chi connectivity index (χ3v) is 10.0. The number of hydrogen-bond acceptors (Lipinski definition) is 7. The fraction of sp³-hybridized carbons (Fsp3) is 0.561. The molecule has 3 atom stereocenters. The van der Waals surface area contributed by atoms with Crippen LogP contribution in [0.4, 0.5) is 0 Å². The Balaban J connectivity index is 1.43. The summed E-state index contributed by atoms with van der Waals surface area (Å²) >= 11 is 0. The first-order valence-corrected chi connectivity index (χ1v) is 18.0. The highest BCUT2D eigenvalue weighted by Gasteiger charge is 2.36. The van der Waals surface area contributed by atoms with Gasteiger partial charge in [0.2, 0.25) is 0 Å². The van der Waals surface area contributed by atoms with Crippen molar-refractivity contribution in [2.75, 3.05) is 0 Å². The Kier molecular flexibility index (Phi) is 13.6. The molecule has 7 nitrogen and oxygen atoms in total. The minimum atomic E-state index is -0.512. The van der Waals surface area contributed by atoms with E-state index in [0.717, 1.165) is 60.0 Å². The topological polar surface area (TPSA) is 87.6 Å². The summed E-state index contributed by atoms with van der Waals surface area (Å²) in [7, 11) is 0. The van der Waals surface area contributed by atoms with Gasteiger partial charge >= 0.3 is 11.9 Å². The van der Waals surface area contributed by atoms with Crippen LogP contribution in [0.5, 0.6) is 11.5 Å². The van der Waals surface area contributed by atoms with Gasteiger partial charge in [0.25, 0.3) is 0 Å². The highest BCUT2D eigenvalue weighted by atomic mass is 16.5. The molecular formula is C41H56N2O5. The standard InChI is InChI=1S/C41H56N2O5/c1-28(2)13-8-14-29(3)15-9-16-30(4)17-10-21-41(7)22-20-35-36(27-46-39(44)33-18-11-23-42-25-33)37(31(5)32(6)38(35)48-41)47-40(45)34-19-12-24-43-26-34/h11-12,18-19,23-26,28-30H,8-10,13-17,20-22,27H2,1-7H3. The Hall–Kier alpha value is -3.74.